The van der Waals surface area contributed by atoms with E-state index >= 15 is 0 Å². The Bertz CT molecular complexity index is 843. The highest BCUT2D eigenvalue weighted by Crippen LogP contribution is 2.70. The van der Waals surface area contributed by atoms with E-state index in [0.717, 1.165) is 38.5 Å². The number of carboxylic acids is 1. The molecule has 0 aromatic heterocycles. The first-order valence-electron chi connectivity index (χ1n) is 11.4. The van der Waals surface area contributed by atoms with Crippen LogP contribution in [0.1, 0.15) is 65.7 Å². The van der Waals surface area contributed by atoms with Gasteiger partial charge in [0.2, 0.25) is 6.29 Å². The Kier molecular flexibility index (Phi) is 4.24. The fourth-order valence-electron chi connectivity index (χ4n) is 8.78. The summed E-state index contributed by atoms with van der Waals surface area (Å²) < 4.78 is 25.0. The number of esters is 2. The van der Waals surface area contributed by atoms with E-state index in [-0.39, 0.29) is 23.2 Å². The molecule has 31 heavy (non-hydrogen) atoms. The van der Waals surface area contributed by atoms with Gasteiger partial charge in [0.1, 0.15) is 11.7 Å². The third-order valence-electron chi connectivity index (χ3n) is 8.97. The van der Waals surface area contributed by atoms with E-state index in [1.54, 1.807) is 0 Å². The lowest BCUT2D eigenvalue weighted by atomic mass is 9.40. The third kappa shape index (κ3) is 2.96. The van der Waals surface area contributed by atoms with Crippen LogP contribution in [0.15, 0.2) is 0 Å². The first-order valence-corrected chi connectivity index (χ1v) is 11.4. The molecule has 8 heteroatoms. The van der Waals surface area contributed by atoms with Gasteiger partial charge in [-0.05, 0) is 67.6 Å². The van der Waals surface area contributed by atoms with E-state index < -0.39 is 53.1 Å². The number of carbonyl (C=O) groups is 3. The van der Waals surface area contributed by atoms with Crippen molar-refractivity contribution in [3.8, 4) is 0 Å². The molecule has 8 atom stereocenters. The second-order valence-corrected chi connectivity index (χ2v) is 12.0. The van der Waals surface area contributed by atoms with Crippen LogP contribution in [0.3, 0.4) is 0 Å². The highest BCUT2D eigenvalue weighted by Gasteiger charge is 2.75. The third-order valence-corrected chi connectivity index (χ3v) is 8.97. The van der Waals surface area contributed by atoms with Gasteiger partial charge in [-0.1, -0.05) is 13.8 Å². The number of rotatable bonds is 5. The number of aliphatic carboxylic acids is 1. The minimum atomic E-state index is -2.06. The Morgan fingerprint density at radius 3 is 2.23 bits per heavy atom. The number of carboxylic acid groups (broad SMARTS) is 1. The van der Waals surface area contributed by atoms with E-state index in [0.29, 0.717) is 5.92 Å². The van der Waals surface area contributed by atoms with Crippen LogP contribution in [-0.2, 0) is 23.9 Å². The van der Waals surface area contributed by atoms with E-state index in [1.165, 1.54) is 6.92 Å². The molecule has 3 unspecified atom stereocenters. The predicted molar refractivity (Wildman–Crippen MR) is 106 cm³/mol. The van der Waals surface area contributed by atoms with Crippen molar-refractivity contribution < 1.29 is 33.4 Å². The molecule has 6 rings (SSSR count). The molecule has 0 saturated heterocycles. The molecule has 6 aliphatic carbocycles. The van der Waals surface area contributed by atoms with Gasteiger partial charge in [-0.3, -0.25) is 14.4 Å². The lowest BCUT2D eigenvalue weighted by molar-refractivity contribution is -0.214. The van der Waals surface area contributed by atoms with Crippen molar-refractivity contribution >= 4 is 17.9 Å². The Hall–Kier alpha value is -1.70. The molecule has 0 amide bonds. The Morgan fingerprint density at radius 1 is 1.06 bits per heavy atom. The molecule has 0 radical (unpaired) electrons. The minimum absolute atomic E-state index is 0.0664. The van der Waals surface area contributed by atoms with Crippen molar-refractivity contribution in [1.82, 2.24) is 0 Å². The Labute approximate surface area is 181 Å². The maximum atomic E-state index is 14.1. The summed E-state index contributed by atoms with van der Waals surface area (Å²) >= 11 is 0. The first kappa shape index (κ1) is 21.2. The van der Waals surface area contributed by atoms with Crippen LogP contribution < -0.4 is 5.73 Å². The normalized spacial score (nSPS) is 52.4. The summed E-state index contributed by atoms with van der Waals surface area (Å²) in [6.45, 7) is 6.04. The quantitative estimate of drug-likeness (QED) is 0.502. The van der Waals surface area contributed by atoms with Crippen LogP contribution in [-0.4, -0.2) is 41.0 Å². The van der Waals surface area contributed by atoms with Crippen molar-refractivity contribution in [3.05, 3.63) is 0 Å². The Morgan fingerprint density at radius 2 is 1.68 bits per heavy atom. The van der Waals surface area contributed by atoms with Crippen molar-refractivity contribution in [3.63, 3.8) is 0 Å². The standard InChI is InChI=1S/C23H32FNO6/c1-11(30-17(26)15-13-4-14(24)23(25,16(13)15)18(27)28)31-19(29)22-7-12-5-20(2,9-22)8-21(3,6-12)10-22/h11-16H,4-10,25H2,1-3H3,(H,27,28)/t11?,12?,13-,14-,15-,16-,20?,21?,22?,23-/m0/s1. The highest BCUT2D eigenvalue weighted by atomic mass is 19.1. The minimum Gasteiger partial charge on any atom is -0.480 e. The summed E-state index contributed by atoms with van der Waals surface area (Å²) in [5, 5.41) is 9.35. The molecule has 6 fully saturated rings. The van der Waals surface area contributed by atoms with E-state index in [1.807, 2.05) is 0 Å². The summed E-state index contributed by atoms with van der Waals surface area (Å²) in [5.74, 6) is -3.84. The number of hydrogen-bond acceptors (Lipinski definition) is 6. The molecule has 3 N–H and O–H groups in total. The topological polar surface area (TPSA) is 116 Å². The van der Waals surface area contributed by atoms with Gasteiger partial charge in [0, 0.05) is 12.8 Å². The molecule has 172 valence electrons. The predicted octanol–water partition coefficient (Wildman–Crippen LogP) is 2.80. The highest BCUT2D eigenvalue weighted by molar-refractivity contribution is 5.86. The average molecular weight is 438 g/mol. The van der Waals surface area contributed by atoms with E-state index in [9.17, 15) is 23.9 Å². The van der Waals surface area contributed by atoms with Gasteiger partial charge in [-0.2, -0.15) is 0 Å². The molecule has 0 spiro atoms. The summed E-state index contributed by atoms with van der Waals surface area (Å²) in [7, 11) is 0. The van der Waals surface area contributed by atoms with Gasteiger partial charge >= 0.3 is 17.9 Å². The van der Waals surface area contributed by atoms with Crippen LogP contribution in [0, 0.1) is 39.9 Å². The average Bonchev–Trinajstić information content (AvgIpc) is 3.24. The molecule has 0 heterocycles. The molecule has 0 aromatic rings. The van der Waals surface area contributed by atoms with Crippen LogP contribution in [0.25, 0.3) is 0 Å². The van der Waals surface area contributed by atoms with Crippen LogP contribution in [0.2, 0.25) is 0 Å². The van der Waals surface area contributed by atoms with Crippen molar-refractivity contribution in [1.29, 1.82) is 0 Å². The molecular weight excluding hydrogens is 405 g/mol. The molecule has 6 saturated carbocycles. The Balaban J connectivity index is 1.22. The summed E-state index contributed by atoms with van der Waals surface area (Å²) in [5.41, 5.74) is 3.53. The number of fused-ring (bicyclic) bond motifs is 1. The lowest BCUT2D eigenvalue weighted by Gasteiger charge is -2.64. The fourth-order valence-corrected chi connectivity index (χ4v) is 8.78. The summed E-state index contributed by atoms with van der Waals surface area (Å²) in [6, 6.07) is 0. The smallest absolute Gasteiger partial charge is 0.327 e. The lowest BCUT2D eigenvalue weighted by Crippen LogP contribution is -2.58. The van der Waals surface area contributed by atoms with Gasteiger partial charge in [0.05, 0.1) is 11.3 Å². The van der Waals surface area contributed by atoms with Crippen molar-refractivity contribution in [2.45, 2.75) is 83.7 Å². The van der Waals surface area contributed by atoms with Crippen LogP contribution in [0.5, 0.6) is 0 Å². The van der Waals surface area contributed by atoms with Crippen molar-refractivity contribution in [2.75, 3.05) is 0 Å². The molecule has 6 aliphatic rings. The molecule has 4 bridgehead atoms. The maximum absolute atomic E-state index is 14.1. The SMILES string of the molecule is CC(OC(=O)[C@H]1[C@@H]2C[C@H](F)[C@@](N)(C(=O)O)[C@@H]21)OC(=O)C12CC3CC(C)(CC(C)(C3)C1)C2. The zero-order valence-electron chi connectivity index (χ0n) is 18.4. The fraction of sp³-hybridized carbons (Fsp3) is 0.870. The molecular formula is C23H32FNO6. The van der Waals surface area contributed by atoms with Crippen LogP contribution >= 0.6 is 0 Å². The number of halogens is 1. The largest absolute Gasteiger partial charge is 0.480 e. The maximum Gasteiger partial charge on any atom is 0.327 e. The zero-order valence-corrected chi connectivity index (χ0v) is 18.4. The summed E-state index contributed by atoms with van der Waals surface area (Å²) in [6.07, 6.45) is 3.08. The second-order valence-electron chi connectivity index (χ2n) is 12.0. The van der Waals surface area contributed by atoms with Crippen LogP contribution in [0.4, 0.5) is 4.39 Å². The molecule has 0 aliphatic heterocycles. The van der Waals surface area contributed by atoms with Gasteiger partial charge < -0.3 is 20.3 Å². The van der Waals surface area contributed by atoms with E-state index in [4.69, 9.17) is 15.2 Å². The molecule has 0 aromatic carbocycles. The zero-order chi connectivity index (χ0) is 22.6. The van der Waals surface area contributed by atoms with Gasteiger partial charge in [-0.15, -0.1) is 0 Å². The first-order chi connectivity index (χ1) is 14.3. The number of hydrogen-bond donors (Lipinski definition) is 2. The molecule has 7 nitrogen and oxygen atoms in total. The number of ether oxygens (including phenoxy) is 2. The number of alkyl halides is 1. The van der Waals surface area contributed by atoms with Gasteiger partial charge in [0.25, 0.3) is 0 Å². The van der Waals surface area contributed by atoms with Gasteiger partial charge in [0.15, 0.2) is 0 Å². The number of carbonyl (C=O) groups excluding carboxylic acids is 2. The monoisotopic (exact) mass is 437 g/mol. The summed E-state index contributed by atoms with van der Waals surface area (Å²) in [4.78, 5) is 37.3. The van der Waals surface area contributed by atoms with Gasteiger partial charge in [-0.25, -0.2) is 4.39 Å². The number of nitrogens with two attached hydrogens (primary N) is 1. The second kappa shape index (κ2) is 6.21. The van der Waals surface area contributed by atoms with E-state index in [2.05, 4.69) is 13.8 Å². The van der Waals surface area contributed by atoms with Crippen molar-refractivity contribution in [2.24, 2.45) is 45.7 Å².